The number of amides is 1. The first-order valence-corrected chi connectivity index (χ1v) is 8.34. The number of carbonyl (C=O) groups excluding carboxylic acids is 1. The van der Waals surface area contributed by atoms with Crippen LogP contribution in [0.5, 0.6) is 5.75 Å². The van der Waals surface area contributed by atoms with Gasteiger partial charge in [-0.25, -0.2) is 0 Å². The lowest BCUT2D eigenvalue weighted by atomic mass is 9.92. The van der Waals surface area contributed by atoms with E-state index in [0.29, 0.717) is 10.7 Å². The normalized spacial score (nSPS) is 14.7. The van der Waals surface area contributed by atoms with E-state index >= 15 is 0 Å². The van der Waals surface area contributed by atoms with E-state index in [4.69, 9.17) is 16.3 Å². The highest BCUT2D eigenvalue weighted by Gasteiger charge is 2.16. The number of rotatable bonds is 4. The zero-order valence-corrected chi connectivity index (χ0v) is 13.9. The lowest BCUT2D eigenvalue weighted by Gasteiger charge is -2.19. The van der Waals surface area contributed by atoms with Gasteiger partial charge in [0.25, 0.3) is 5.91 Å². The molecule has 0 saturated carbocycles. The second kappa shape index (κ2) is 7.05. The molecular weight excluding hydrogens is 310 g/mol. The molecule has 0 aromatic heterocycles. The molecule has 1 amide bonds. The van der Waals surface area contributed by atoms with Crippen molar-refractivity contribution in [3.63, 3.8) is 0 Å². The lowest BCUT2D eigenvalue weighted by molar-refractivity contribution is -0.122. The molecule has 23 heavy (non-hydrogen) atoms. The minimum Gasteiger partial charge on any atom is -0.481 e. The number of halogens is 1. The van der Waals surface area contributed by atoms with Crippen LogP contribution in [0.3, 0.4) is 0 Å². The van der Waals surface area contributed by atoms with Gasteiger partial charge in [-0.2, -0.15) is 0 Å². The topological polar surface area (TPSA) is 38.3 Å². The fourth-order valence-electron chi connectivity index (χ4n) is 2.82. The van der Waals surface area contributed by atoms with E-state index in [1.54, 1.807) is 31.2 Å². The smallest absolute Gasteiger partial charge is 0.265 e. The van der Waals surface area contributed by atoms with Gasteiger partial charge in [-0.05, 0) is 80.1 Å². The molecule has 1 aliphatic carbocycles. The third kappa shape index (κ3) is 4.05. The van der Waals surface area contributed by atoms with Gasteiger partial charge in [0.2, 0.25) is 0 Å². The minimum atomic E-state index is -0.563. The quantitative estimate of drug-likeness (QED) is 0.888. The number of hydrogen-bond donors (Lipinski definition) is 1. The number of ether oxygens (including phenoxy) is 1. The van der Waals surface area contributed by atoms with Crippen molar-refractivity contribution in [3.8, 4) is 5.75 Å². The summed E-state index contributed by atoms with van der Waals surface area (Å²) in [5.74, 6) is 0.578. The van der Waals surface area contributed by atoms with Crippen LogP contribution in [-0.2, 0) is 17.6 Å². The highest BCUT2D eigenvalue weighted by atomic mass is 35.5. The summed E-state index contributed by atoms with van der Waals surface area (Å²) in [6.45, 7) is 1.75. The standard InChI is InChI=1S/C19H20ClNO2/c1-13(19(22)21-17-9-7-16(20)8-10-17)23-18-11-6-14-4-2-3-5-15(14)12-18/h6-13H,2-5H2,1H3,(H,21,22)/t13-/m0/s1. The van der Waals surface area contributed by atoms with Crippen LogP contribution in [0.1, 0.15) is 30.9 Å². The second-order valence-corrected chi connectivity index (χ2v) is 6.33. The van der Waals surface area contributed by atoms with Gasteiger partial charge in [0, 0.05) is 10.7 Å². The van der Waals surface area contributed by atoms with Gasteiger partial charge in [0.05, 0.1) is 0 Å². The van der Waals surface area contributed by atoms with E-state index in [9.17, 15) is 4.79 Å². The summed E-state index contributed by atoms with van der Waals surface area (Å²) in [4.78, 5) is 12.2. The number of carbonyl (C=O) groups is 1. The van der Waals surface area contributed by atoms with Crippen molar-refractivity contribution in [2.75, 3.05) is 5.32 Å². The molecule has 4 heteroatoms. The van der Waals surface area contributed by atoms with Gasteiger partial charge in [-0.3, -0.25) is 4.79 Å². The Labute approximate surface area is 141 Å². The molecule has 0 saturated heterocycles. The number of fused-ring (bicyclic) bond motifs is 1. The van der Waals surface area contributed by atoms with Gasteiger partial charge in [0.1, 0.15) is 5.75 Å². The summed E-state index contributed by atoms with van der Waals surface area (Å²) in [6.07, 6.45) is 4.16. The van der Waals surface area contributed by atoms with Gasteiger partial charge in [-0.15, -0.1) is 0 Å². The average molecular weight is 330 g/mol. The summed E-state index contributed by atoms with van der Waals surface area (Å²) < 4.78 is 5.80. The fraction of sp³-hybridized carbons (Fsp3) is 0.316. The number of nitrogens with one attached hydrogen (secondary N) is 1. The summed E-state index contributed by atoms with van der Waals surface area (Å²) in [5, 5.41) is 3.47. The van der Waals surface area contributed by atoms with Crippen molar-refractivity contribution in [2.45, 2.75) is 38.7 Å². The molecule has 2 aromatic rings. The molecule has 1 atom stereocenters. The van der Waals surface area contributed by atoms with Crippen LogP contribution in [0.4, 0.5) is 5.69 Å². The Balaban J connectivity index is 1.62. The molecule has 3 rings (SSSR count). The maximum absolute atomic E-state index is 12.2. The predicted molar refractivity (Wildman–Crippen MR) is 93.3 cm³/mol. The lowest BCUT2D eigenvalue weighted by Crippen LogP contribution is -2.30. The van der Waals surface area contributed by atoms with Crippen LogP contribution in [0, 0.1) is 0 Å². The molecule has 120 valence electrons. The monoisotopic (exact) mass is 329 g/mol. The average Bonchev–Trinajstić information content (AvgIpc) is 2.56. The molecule has 0 spiro atoms. The molecule has 0 radical (unpaired) electrons. The number of hydrogen-bond acceptors (Lipinski definition) is 2. The van der Waals surface area contributed by atoms with Crippen molar-refractivity contribution in [1.82, 2.24) is 0 Å². The van der Waals surface area contributed by atoms with Crippen molar-refractivity contribution < 1.29 is 9.53 Å². The number of aryl methyl sites for hydroxylation is 2. The molecule has 0 bridgehead atoms. The molecule has 1 aliphatic rings. The highest BCUT2D eigenvalue weighted by Crippen LogP contribution is 2.26. The van der Waals surface area contributed by atoms with Crippen LogP contribution in [-0.4, -0.2) is 12.0 Å². The summed E-state index contributed by atoms with van der Waals surface area (Å²) in [7, 11) is 0. The number of benzene rings is 2. The molecule has 3 nitrogen and oxygen atoms in total. The maximum atomic E-state index is 12.2. The first kappa shape index (κ1) is 15.9. The van der Waals surface area contributed by atoms with E-state index in [-0.39, 0.29) is 5.91 Å². The first-order valence-electron chi connectivity index (χ1n) is 7.97. The molecule has 1 N–H and O–H groups in total. The Morgan fingerprint density at radius 1 is 1.09 bits per heavy atom. The van der Waals surface area contributed by atoms with Crippen LogP contribution in [0.2, 0.25) is 5.02 Å². The SMILES string of the molecule is C[C@H](Oc1ccc2c(c1)CCCC2)C(=O)Nc1ccc(Cl)cc1. The molecule has 0 heterocycles. The van der Waals surface area contributed by atoms with Crippen molar-refractivity contribution in [3.05, 3.63) is 58.6 Å². The van der Waals surface area contributed by atoms with Gasteiger partial charge < -0.3 is 10.1 Å². The van der Waals surface area contributed by atoms with Crippen LogP contribution >= 0.6 is 11.6 Å². The Bertz CT molecular complexity index is 697. The van der Waals surface area contributed by atoms with E-state index in [0.717, 1.165) is 18.6 Å². The first-order chi connectivity index (χ1) is 11.1. The minimum absolute atomic E-state index is 0.176. The van der Waals surface area contributed by atoms with Crippen LogP contribution < -0.4 is 10.1 Å². The third-order valence-corrected chi connectivity index (χ3v) is 4.37. The molecular formula is C19H20ClNO2. The van der Waals surface area contributed by atoms with Crippen molar-refractivity contribution >= 4 is 23.2 Å². The zero-order valence-electron chi connectivity index (χ0n) is 13.1. The molecule has 0 fully saturated rings. The van der Waals surface area contributed by atoms with Gasteiger partial charge in [0.15, 0.2) is 6.10 Å². The van der Waals surface area contributed by atoms with Crippen LogP contribution in [0.25, 0.3) is 0 Å². The molecule has 2 aromatic carbocycles. The van der Waals surface area contributed by atoms with E-state index in [2.05, 4.69) is 17.4 Å². The Morgan fingerprint density at radius 3 is 2.52 bits per heavy atom. The van der Waals surface area contributed by atoms with E-state index in [1.165, 1.54) is 24.0 Å². The number of anilines is 1. The Kier molecular flexibility index (Phi) is 4.87. The largest absolute Gasteiger partial charge is 0.481 e. The Morgan fingerprint density at radius 2 is 1.78 bits per heavy atom. The van der Waals surface area contributed by atoms with Crippen LogP contribution in [0.15, 0.2) is 42.5 Å². The van der Waals surface area contributed by atoms with Crippen molar-refractivity contribution in [1.29, 1.82) is 0 Å². The summed E-state index contributed by atoms with van der Waals surface area (Å²) in [5.41, 5.74) is 3.46. The maximum Gasteiger partial charge on any atom is 0.265 e. The summed E-state index contributed by atoms with van der Waals surface area (Å²) >= 11 is 5.84. The van der Waals surface area contributed by atoms with E-state index in [1.807, 2.05) is 6.07 Å². The van der Waals surface area contributed by atoms with Crippen molar-refractivity contribution in [2.24, 2.45) is 0 Å². The zero-order chi connectivity index (χ0) is 16.2. The summed E-state index contributed by atoms with van der Waals surface area (Å²) in [6, 6.07) is 13.2. The predicted octanol–water partition coefficient (Wildman–Crippen LogP) is 4.62. The third-order valence-electron chi connectivity index (χ3n) is 4.11. The van der Waals surface area contributed by atoms with E-state index < -0.39 is 6.10 Å². The second-order valence-electron chi connectivity index (χ2n) is 5.89. The fourth-order valence-corrected chi connectivity index (χ4v) is 2.94. The molecule has 0 aliphatic heterocycles. The Hall–Kier alpha value is -2.00. The van der Waals surface area contributed by atoms with Gasteiger partial charge in [-0.1, -0.05) is 17.7 Å². The van der Waals surface area contributed by atoms with Gasteiger partial charge >= 0.3 is 0 Å². The highest BCUT2D eigenvalue weighted by molar-refractivity contribution is 6.30. The molecule has 0 unspecified atom stereocenters.